The van der Waals surface area contributed by atoms with Gasteiger partial charge in [-0.25, -0.2) is 13.9 Å². The first-order valence-corrected chi connectivity index (χ1v) is 6.54. The molecule has 0 unspecified atom stereocenters. The van der Waals surface area contributed by atoms with Crippen molar-refractivity contribution in [2.75, 3.05) is 0 Å². The van der Waals surface area contributed by atoms with E-state index in [2.05, 4.69) is 5.10 Å². The molecule has 6 heteroatoms. The Morgan fingerprint density at radius 2 is 2.20 bits per heavy atom. The fourth-order valence-corrected chi connectivity index (χ4v) is 2.29. The van der Waals surface area contributed by atoms with E-state index in [9.17, 15) is 14.3 Å². The van der Waals surface area contributed by atoms with Gasteiger partial charge in [0.1, 0.15) is 16.5 Å². The number of hydrogen-bond donors (Lipinski definition) is 1. The second-order valence-corrected chi connectivity index (χ2v) is 5.27. The smallest absolute Gasteiger partial charge is 0.340 e. The summed E-state index contributed by atoms with van der Waals surface area (Å²) < 4.78 is 14.5. The molecule has 0 fully saturated rings. The first-order valence-electron chi connectivity index (χ1n) is 6.16. The van der Waals surface area contributed by atoms with Gasteiger partial charge in [0.25, 0.3) is 0 Å². The lowest BCUT2D eigenvalue weighted by Crippen LogP contribution is -2.03. The van der Waals surface area contributed by atoms with Crippen LogP contribution in [-0.2, 0) is 6.42 Å². The lowest BCUT2D eigenvalue weighted by atomic mass is 10.1. The van der Waals surface area contributed by atoms with Crippen molar-refractivity contribution in [3.8, 4) is 5.69 Å². The minimum atomic E-state index is -1.13. The van der Waals surface area contributed by atoms with Crippen molar-refractivity contribution in [2.45, 2.75) is 20.3 Å². The van der Waals surface area contributed by atoms with Crippen LogP contribution in [0.4, 0.5) is 4.39 Å². The van der Waals surface area contributed by atoms with E-state index in [-0.39, 0.29) is 16.6 Å². The zero-order valence-corrected chi connectivity index (χ0v) is 11.9. The number of benzene rings is 1. The van der Waals surface area contributed by atoms with Crippen LogP contribution in [0.1, 0.15) is 29.9 Å². The van der Waals surface area contributed by atoms with E-state index in [1.807, 2.05) is 13.8 Å². The molecule has 1 aromatic heterocycles. The molecule has 1 aromatic carbocycles. The van der Waals surface area contributed by atoms with E-state index in [1.165, 1.54) is 22.9 Å². The van der Waals surface area contributed by atoms with Crippen LogP contribution in [0.25, 0.3) is 5.69 Å². The van der Waals surface area contributed by atoms with Gasteiger partial charge in [0, 0.05) is 0 Å². The van der Waals surface area contributed by atoms with Crippen molar-refractivity contribution in [3.63, 3.8) is 0 Å². The predicted molar refractivity (Wildman–Crippen MR) is 74.0 cm³/mol. The van der Waals surface area contributed by atoms with E-state index in [1.54, 1.807) is 6.07 Å². The average Bonchev–Trinajstić information content (AvgIpc) is 2.65. The zero-order valence-electron chi connectivity index (χ0n) is 11.1. The van der Waals surface area contributed by atoms with Crippen molar-refractivity contribution >= 4 is 17.6 Å². The summed E-state index contributed by atoms with van der Waals surface area (Å²) in [5.41, 5.74) is 0.777. The highest BCUT2D eigenvalue weighted by atomic mass is 35.5. The molecule has 0 amide bonds. The largest absolute Gasteiger partial charge is 0.478 e. The number of carboxylic acid groups (broad SMARTS) is 1. The van der Waals surface area contributed by atoms with E-state index in [0.29, 0.717) is 17.8 Å². The highest BCUT2D eigenvalue weighted by Crippen LogP contribution is 2.25. The lowest BCUT2D eigenvalue weighted by Gasteiger charge is -2.03. The summed E-state index contributed by atoms with van der Waals surface area (Å²) in [6, 6.07) is 5.69. The minimum Gasteiger partial charge on any atom is -0.478 e. The minimum absolute atomic E-state index is 0.0150. The Bertz CT molecular complexity index is 653. The van der Waals surface area contributed by atoms with Crippen molar-refractivity contribution in [1.29, 1.82) is 0 Å². The monoisotopic (exact) mass is 296 g/mol. The summed E-state index contributed by atoms with van der Waals surface area (Å²) in [4.78, 5) is 11.3. The van der Waals surface area contributed by atoms with Gasteiger partial charge in [-0.3, -0.25) is 0 Å². The normalized spacial score (nSPS) is 11.1. The van der Waals surface area contributed by atoms with Crippen LogP contribution in [0.3, 0.4) is 0 Å². The SMILES string of the molecule is CC(C)Cc1nn(-c2cccc(F)c2)c(Cl)c1C(=O)O. The lowest BCUT2D eigenvalue weighted by molar-refractivity contribution is 0.0695. The van der Waals surface area contributed by atoms with Gasteiger partial charge in [-0.15, -0.1) is 0 Å². The van der Waals surface area contributed by atoms with Gasteiger partial charge in [0.2, 0.25) is 0 Å². The maximum atomic E-state index is 13.3. The van der Waals surface area contributed by atoms with Gasteiger partial charge in [-0.05, 0) is 30.5 Å². The van der Waals surface area contributed by atoms with Gasteiger partial charge in [-0.2, -0.15) is 5.10 Å². The molecule has 0 saturated heterocycles. The standard InChI is InChI=1S/C14H14ClFN2O2/c1-8(2)6-11-12(14(19)20)13(15)18(17-11)10-5-3-4-9(16)7-10/h3-5,7-8H,6H2,1-2H3,(H,19,20). The molecule has 1 heterocycles. The molecule has 0 aliphatic rings. The molecule has 2 aromatic rings. The molecular weight excluding hydrogens is 283 g/mol. The number of rotatable bonds is 4. The second-order valence-electron chi connectivity index (χ2n) is 4.91. The fourth-order valence-electron chi connectivity index (χ4n) is 1.96. The first kappa shape index (κ1) is 14.5. The number of carboxylic acids is 1. The number of aromatic carboxylic acids is 1. The van der Waals surface area contributed by atoms with Crippen LogP contribution in [-0.4, -0.2) is 20.9 Å². The van der Waals surface area contributed by atoms with E-state index in [0.717, 1.165) is 0 Å². The topological polar surface area (TPSA) is 55.1 Å². The molecule has 0 bridgehead atoms. The highest BCUT2D eigenvalue weighted by molar-refractivity contribution is 6.32. The van der Waals surface area contributed by atoms with Crippen LogP contribution < -0.4 is 0 Å². The molecule has 0 atom stereocenters. The summed E-state index contributed by atoms with van der Waals surface area (Å²) >= 11 is 6.09. The van der Waals surface area contributed by atoms with Crippen LogP contribution in [0.5, 0.6) is 0 Å². The van der Waals surface area contributed by atoms with Gasteiger partial charge < -0.3 is 5.11 Å². The molecule has 0 spiro atoms. The molecule has 0 aliphatic carbocycles. The van der Waals surface area contributed by atoms with Crippen LogP contribution in [0.15, 0.2) is 24.3 Å². The van der Waals surface area contributed by atoms with Gasteiger partial charge in [0.15, 0.2) is 0 Å². The number of carbonyl (C=O) groups is 1. The number of halogens is 2. The third kappa shape index (κ3) is 2.82. The Morgan fingerprint density at radius 1 is 1.50 bits per heavy atom. The van der Waals surface area contributed by atoms with E-state index >= 15 is 0 Å². The summed E-state index contributed by atoms with van der Waals surface area (Å²) in [7, 11) is 0. The number of aromatic nitrogens is 2. The van der Waals surface area contributed by atoms with Crippen LogP contribution in [0.2, 0.25) is 5.15 Å². The third-order valence-corrected chi connectivity index (χ3v) is 3.12. The molecule has 106 valence electrons. The Morgan fingerprint density at radius 3 is 2.75 bits per heavy atom. The van der Waals surface area contributed by atoms with Crippen molar-refractivity contribution < 1.29 is 14.3 Å². The van der Waals surface area contributed by atoms with Crippen LogP contribution in [0, 0.1) is 11.7 Å². The highest BCUT2D eigenvalue weighted by Gasteiger charge is 2.23. The fraction of sp³-hybridized carbons (Fsp3) is 0.286. The predicted octanol–water partition coefficient (Wildman–Crippen LogP) is 3.56. The molecule has 0 saturated carbocycles. The van der Waals surface area contributed by atoms with Crippen molar-refractivity contribution in [2.24, 2.45) is 5.92 Å². The van der Waals surface area contributed by atoms with Gasteiger partial charge in [0.05, 0.1) is 11.4 Å². The Hall–Kier alpha value is -1.88. The Labute approximate surface area is 120 Å². The molecule has 2 rings (SSSR count). The second kappa shape index (κ2) is 5.63. The van der Waals surface area contributed by atoms with Crippen molar-refractivity contribution in [3.05, 3.63) is 46.5 Å². The average molecular weight is 297 g/mol. The van der Waals surface area contributed by atoms with E-state index < -0.39 is 11.8 Å². The molecular formula is C14H14ClFN2O2. The molecule has 0 aliphatic heterocycles. The quantitative estimate of drug-likeness (QED) is 0.938. The molecule has 20 heavy (non-hydrogen) atoms. The summed E-state index contributed by atoms with van der Waals surface area (Å²) in [6.07, 6.45) is 0.490. The summed E-state index contributed by atoms with van der Waals surface area (Å²) in [6.45, 7) is 3.92. The third-order valence-electron chi connectivity index (χ3n) is 2.77. The first-order chi connectivity index (χ1) is 9.40. The van der Waals surface area contributed by atoms with Crippen LogP contribution >= 0.6 is 11.6 Å². The van der Waals surface area contributed by atoms with Crippen molar-refractivity contribution in [1.82, 2.24) is 9.78 Å². The molecule has 0 radical (unpaired) electrons. The molecule has 4 nitrogen and oxygen atoms in total. The number of nitrogens with zero attached hydrogens (tertiary/aromatic N) is 2. The number of hydrogen-bond acceptors (Lipinski definition) is 2. The van der Waals surface area contributed by atoms with Gasteiger partial charge >= 0.3 is 5.97 Å². The Balaban J connectivity index is 2.58. The summed E-state index contributed by atoms with van der Waals surface area (Å²) in [5.74, 6) is -1.33. The summed E-state index contributed by atoms with van der Waals surface area (Å²) in [5, 5.41) is 13.5. The van der Waals surface area contributed by atoms with Gasteiger partial charge in [-0.1, -0.05) is 31.5 Å². The Kier molecular flexibility index (Phi) is 4.09. The zero-order chi connectivity index (χ0) is 14.9. The van der Waals surface area contributed by atoms with E-state index in [4.69, 9.17) is 11.6 Å². The maximum absolute atomic E-state index is 13.3. The maximum Gasteiger partial charge on any atom is 0.340 e. The molecule has 1 N–H and O–H groups in total.